The van der Waals surface area contributed by atoms with Crippen LogP contribution in [0.1, 0.15) is 55.2 Å². The van der Waals surface area contributed by atoms with Gasteiger partial charge in [-0.1, -0.05) is 38.1 Å². The van der Waals surface area contributed by atoms with Crippen LogP contribution in [-0.2, 0) is 5.54 Å². The zero-order valence-electron chi connectivity index (χ0n) is 12.2. The molecule has 0 radical (unpaired) electrons. The summed E-state index contributed by atoms with van der Waals surface area (Å²) >= 11 is 1.77. The highest BCUT2D eigenvalue weighted by Crippen LogP contribution is 2.45. The van der Waals surface area contributed by atoms with Gasteiger partial charge in [-0.3, -0.25) is 0 Å². The van der Waals surface area contributed by atoms with E-state index in [2.05, 4.69) is 53.8 Å². The second-order valence-electron chi connectivity index (χ2n) is 5.70. The largest absolute Gasteiger partial charge is 0.302 e. The topological polar surface area (TPSA) is 24.9 Å². The van der Waals surface area contributed by atoms with Crippen LogP contribution in [0.15, 0.2) is 35.8 Å². The lowest BCUT2D eigenvalue weighted by atomic mass is 9.72. The van der Waals surface area contributed by atoms with Crippen LogP contribution in [0.4, 0.5) is 0 Å². The molecule has 1 aliphatic rings. The molecule has 0 saturated heterocycles. The van der Waals surface area contributed by atoms with Crippen LogP contribution in [0.25, 0.3) is 0 Å². The van der Waals surface area contributed by atoms with Gasteiger partial charge in [0.15, 0.2) is 0 Å². The summed E-state index contributed by atoms with van der Waals surface area (Å²) in [5, 5.41) is 7.11. The Morgan fingerprint density at radius 3 is 3.00 bits per heavy atom. The van der Waals surface area contributed by atoms with Crippen molar-refractivity contribution < 1.29 is 0 Å². The Bertz CT molecular complexity index is 564. The minimum absolute atomic E-state index is 0.0761. The van der Waals surface area contributed by atoms with E-state index < -0.39 is 0 Å². The number of aromatic nitrogens is 1. The Morgan fingerprint density at radius 1 is 1.40 bits per heavy atom. The number of benzene rings is 1. The third-order valence-corrected chi connectivity index (χ3v) is 5.31. The number of nitrogens with zero attached hydrogens (tertiary/aromatic N) is 1. The molecule has 2 nitrogen and oxygen atoms in total. The van der Waals surface area contributed by atoms with E-state index in [1.165, 1.54) is 22.6 Å². The second kappa shape index (κ2) is 5.66. The third-order valence-electron chi connectivity index (χ3n) is 4.38. The van der Waals surface area contributed by atoms with Gasteiger partial charge in [-0.05, 0) is 42.9 Å². The highest BCUT2D eigenvalue weighted by atomic mass is 32.1. The number of nitrogens with one attached hydrogen (secondary N) is 1. The Labute approximate surface area is 125 Å². The molecule has 20 heavy (non-hydrogen) atoms. The smallest absolute Gasteiger partial charge is 0.117 e. The number of hydrogen-bond acceptors (Lipinski definition) is 3. The summed E-state index contributed by atoms with van der Waals surface area (Å²) in [5.74, 6) is 0.641. The molecule has 2 atom stereocenters. The van der Waals surface area contributed by atoms with Crippen LogP contribution < -0.4 is 5.32 Å². The van der Waals surface area contributed by atoms with Gasteiger partial charge in [-0.25, -0.2) is 4.98 Å². The lowest BCUT2D eigenvalue weighted by Crippen LogP contribution is -2.46. The molecular formula is C17H22N2S. The van der Waals surface area contributed by atoms with Crippen molar-refractivity contribution in [1.82, 2.24) is 10.3 Å². The summed E-state index contributed by atoms with van der Waals surface area (Å²) in [5.41, 5.74) is 2.84. The van der Waals surface area contributed by atoms with Crippen LogP contribution in [0, 0.1) is 0 Å². The molecular weight excluding hydrogens is 264 g/mol. The van der Waals surface area contributed by atoms with Gasteiger partial charge in [0.2, 0.25) is 0 Å². The number of thiazole rings is 1. The molecule has 1 aliphatic carbocycles. The van der Waals surface area contributed by atoms with E-state index in [-0.39, 0.29) is 5.54 Å². The van der Waals surface area contributed by atoms with Crippen molar-refractivity contribution >= 4 is 11.3 Å². The molecule has 0 aliphatic heterocycles. The quantitative estimate of drug-likeness (QED) is 0.907. The monoisotopic (exact) mass is 286 g/mol. The molecule has 0 saturated carbocycles. The van der Waals surface area contributed by atoms with Crippen LogP contribution in [0.2, 0.25) is 0 Å². The summed E-state index contributed by atoms with van der Waals surface area (Å²) in [6.07, 6.45) is 5.42. The maximum Gasteiger partial charge on any atom is 0.117 e. The first-order valence-corrected chi connectivity index (χ1v) is 8.40. The molecule has 0 spiro atoms. The molecule has 1 heterocycles. The molecule has 3 heteroatoms. The van der Waals surface area contributed by atoms with Crippen molar-refractivity contribution in [2.24, 2.45) is 0 Å². The average Bonchev–Trinajstić information content (AvgIpc) is 3.02. The molecule has 106 valence electrons. The summed E-state index contributed by atoms with van der Waals surface area (Å²) in [7, 11) is 0. The van der Waals surface area contributed by atoms with Gasteiger partial charge in [0.1, 0.15) is 5.01 Å². The van der Waals surface area contributed by atoms with E-state index in [9.17, 15) is 0 Å². The van der Waals surface area contributed by atoms with Crippen molar-refractivity contribution in [3.8, 4) is 0 Å². The minimum Gasteiger partial charge on any atom is -0.302 e. The van der Waals surface area contributed by atoms with Gasteiger partial charge in [0.05, 0.1) is 5.54 Å². The predicted molar refractivity (Wildman–Crippen MR) is 85.3 cm³/mol. The highest BCUT2D eigenvalue weighted by molar-refractivity contribution is 7.09. The molecule has 0 fully saturated rings. The minimum atomic E-state index is -0.0761. The first-order valence-electron chi connectivity index (χ1n) is 7.52. The van der Waals surface area contributed by atoms with Crippen molar-refractivity contribution in [3.63, 3.8) is 0 Å². The summed E-state index contributed by atoms with van der Waals surface area (Å²) < 4.78 is 0. The van der Waals surface area contributed by atoms with Gasteiger partial charge in [-0.2, -0.15) is 0 Å². The SMILES string of the molecule is CCCNC1(c2nccs2)CCC(C)c2ccccc21. The van der Waals surface area contributed by atoms with E-state index in [0.29, 0.717) is 5.92 Å². The zero-order chi connectivity index (χ0) is 14.0. The molecule has 3 rings (SSSR count). The van der Waals surface area contributed by atoms with Gasteiger partial charge in [0.25, 0.3) is 0 Å². The summed E-state index contributed by atoms with van der Waals surface area (Å²) in [6, 6.07) is 8.89. The molecule has 1 N–H and O–H groups in total. The normalized spacial score (nSPS) is 25.4. The Morgan fingerprint density at radius 2 is 2.25 bits per heavy atom. The fraction of sp³-hybridized carbons (Fsp3) is 0.471. The first kappa shape index (κ1) is 13.8. The fourth-order valence-corrected chi connectivity index (χ4v) is 4.15. The summed E-state index contributed by atoms with van der Waals surface area (Å²) in [6.45, 7) is 5.59. The Hall–Kier alpha value is -1.19. The molecule has 2 aromatic rings. The van der Waals surface area contributed by atoms with Gasteiger partial charge >= 0.3 is 0 Å². The standard InChI is InChI=1S/C17H22N2S/c1-3-10-19-17(16-18-11-12-20-16)9-8-13(2)14-6-4-5-7-15(14)17/h4-7,11-13,19H,3,8-10H2,1-2H3. The van der Waals surface area contributed by atoms with E-state index in [4.69, 9.17) is 0 Å². The van der Waals surface area contributed by atoms with Crippen LogP contribution in [0.5, 0.6) is 0 Å². The predicted octanol–water partition coefficient (Wildman–Crippen LogP) is 4.28. The molecule has 2 unspecified atom stereocenters. The average molecular weight is 286 g/mol. The van der Waals surface area contributed by atoms with Crippen LogP contribution in [0.3, 0.4) is 0 Å². The third kappa shape index (κ3) is 2.19. The van der Waals surface area contributed by atoms with Gasteiger partial charge in [0, 0.05) is 11.6 Å². The van der Waals surface area contributed by atoms with Crippen LogP contribution in [-0.4, -0.2) is 11.5 Å². The number of hydrogen-bond donors (Lipinski definition) is 1. The molecule has 1 aromatic heterocycles. The first-order chi connectivity index (χ1) is 9.78. The fourth-order valence-electron chi connectivity index (χ4n) is 3.29. The Kier molecular flexibility index (Phi) is 3.90. The van der Waals surface area contributed by atoms with Gasteiger partial charge < -0.3 is 5.32 Å². The van der Waals surface area contributed by atoms with Crippen molar-refractivity contribution in [2.45, 2.75) is 44.6 Å². The van der Waals surface area contributed by atoms with E-state index >= 15 is 0 Å². The number of rotatable bonds is 4. The van der Waals surface area contributed by atoms with Gasteiger partial charge in [-0.15, -0.1) is 11.3 Å². The van der Waals surface area contributed by atoms with E-state index in [1.807, 2.05) is 6.20 Å². The maximum absolute atomic E-state index is 4.64. The zero-order valence-corrected chi connectivity index (χ0v) is 13.0. The Balaban J connectivity index is 2.13. The van der Waals surface area contributed by atoms with E-state index in [0.717, 1.165) is 19.4 Å². The van der Waals surface area contributed by atoms with E-state index in [1.54, 1.807) is 11.3 Å². The number of fused-ring (bicyclic) bond motifs is 1. The molecule has 0 bridgehead atoms. The highest BCUT2D eigenvalue weighted by Gasteiger charge is 2.41. The van der Waals surface area contributed by atoms with Crippen molar-refractivity contribution in [2.75, 3.05) is 6.54 Å². The lowest BCUT2D eigenvalue weighted by molar-refractivity contribution is 0.326. The maximum atomic E-state index is 4.64. The van der Waals surface area contributed by atoms with Crippen LogP contribution >= 0.6 is 11.3 Å². The van der Waals surface area contributed by atoms with Crippen molar-refractivity contribution in [3.05, 3.63) is 52.0 Å². The summed E-state index contributed by atoms with van der Waals surface area (Å²) in [4.78, 5) is 4.64. The molecule has 1 aromatic carbocycles. The van der Waals surface area contributed by atoms with Crippen molar-refractivity contribution in [1.29, 1.82) is 0 Å². The molecule has 0 amide bonds. The lowest BCUT2D eigenvalue weighted by Gasteiger charge is -2.41. The second-order valence-corrected chi connectivity index (χ2v) is 6.59.